The average Bonchev–Trinajstić information content (AvgIpc) is 3.85. The maximum Gasteiger partial charge on any atom is 0.166 e. The minimum absolute atomic E-state index is 0.857. The number of hydrogen-bond acceptors (Lipinski definition) is 4. The van der Waals surface area contributed by atoms with Gasteiger partial charge in [-0.25, -0.2) is 9.97 Å². The van der Waals surface area contributed by atoms with E-state index in [2.05, 4.69) is 156 Å². The number of thiophene rings is 2. The first kappa shape index (κ1) is 27.7. The van der Waals surface area contributed by atoms with Gasteiger partial charge in [0.05, 0.1) is 15.7 Å². The minimum atomic E-state index is 0.857. The molecule has 51 heavy (non-hydrogen) atoms. The fourth-order valence-corrected chi connectivity index (χ4v) is 10.7. The highest BCUT2D eigenvalue weighted by Crippen LogP contribution is 2.49. The minimum Gasteiger partial charge on any atom is -0.290 e. The molecule has 0 radical (unpaired) electrons. The van der Waals surface area contributed by atoms with Crippen LogP contribution in [0.15, 0.2) is 152 Å². The Bertz CT molecular complexity index is 3430. The predicted octanol–water partition coefficient (Wildman–Crippen LogP) is 13.4. The Morgan fingerprint density at radius 3 is 1.94 bits per heavy atom. The van der Waals surface area contributed by atoms with Gasteiger partial charge in [-0.15, -0.1) is 22.7 Å². The molecule has 0 fully saturated rings. The van der Waals surface area contributed by atoms with Crippen molar-refractivity contribution >= 4 is 117 Å². The van der Waals surface area contributed by atoms with Crippen LogP contribution >= 0.6 is 22.7 Å². The summed E-state index contributed by atoms with van der Waals surface area (Å²) in [5.74, 6) is 0.857. The quantitative estimate of drug-likeness (QED) is 0.182. The second-order valence-corrected chi connectivity index (χ2v) is 15.4. The van der Waals surface area contributed by atoms with E-state index in [1.807, 2.05) is 11.3 Å². The lowest BCUT2D eigenvalue weighted by Gasteiger charge is -2.15. The monoisotopic (exact) mass is 683 g/mol. The van der Waals surface area contributed by atoms with Gasteiger partial charge in [-0.1, -0.05) is 127 Å². The number of hydrogen-bond donors (Lipinski definition) is 0. The maximum absolute atomic E-state index is 5.65. The van der Waals surface area contributed by atoms with Gasteiger partial charge in [0.1, 0.15) is 16.0 Å². The van der Waals surface area contributed by atoms with E-state index >= 15 is 0 Å². The van der Waals surface area contributed by atoms with Gasteiger partial charge in [-0.2, -0.15) is 0 Å². The molecule has 8 aromatic carbocycles. The first-order valence-electron chi connectivity index (χ1n) is 17.2. The van der Waals surface area contributed by atoms with Crippen molar-refractivity contribution in [3.05, 3.63) is 152 Å². The van der Waals surface area contributed by atoms with Crippen molar-refractivity contribution in [3.8, 4) is 17.1 Å². The number of rotatable bonds is 2. The van der Waals surface area contributed by atoms with Gasteiger partial charge in [0.25, 0.3) is 0 Å². The molecule has 0 bridgehead atoms. The van der Waals surface area contributed by atoms with Crippen molar-refractivity contribution in [3.63, 3.8) is 0 Å². The Balaban J connectivity index is 1.34. The standard InChI is InChI=1S/C46H25N3S2/c1-2-14-28-25-38-35(24-27(28)13-1)40-31-18-6-5-17-30(31)39-33-19-7-9-22-36(33)49(43(39)44(40)50-38)45-41(32-21-11-15-26-12-3-4-16-29(26)32)47-42-34-20-8-10-23-37(34)51-46(42)48-45/h1-25H. The van der Waals surface area contributed by atoms with Crippen molar-refractivity contribution < 1.29 is 0 Å². The highest BCUT2D eigenvalue weighted by Gasteiger charge is 2.26. The van der Waals surface area contributed by atoms with Crippen LogP contribution in [0, 0.1) is 0 Å². The summed E-state index contributed by atoms with van der Waals surface area (Å²) in [6.07, 6.45) is 0. The highest BCUT2D eigenvalue weighted by molar-refractivity contribution is 7.27. The summed E-state index contributed by atoms with van der Waals surface area (Å²) >= 11 is 3.61. The van der Waals surface area contributed by atoms with Gasteiger partial charge in [0.15, 0.2) is 5.82 Å². The number of benzene rings is 8. The van der Waals surface area contributed by atoms with Crippen molar-refractivity contribution in [1.82, 2.24) is 14.5 Å². The third-order valence-corrected chi connectivity index (χ3v) is 12.8. The van der Waals surface area contributed by atoms with E-state index in [4.69, 9.17) is 9.97 Å². The Morgan fingerprint density at radius 1 is 0.451 bits per heavy atom. The zero-order chi connectivity index (χ0) is 33.2. The van der Waals surface area contributed by atoms with E-state index in [9.17, 15) is 0 Å². The summed E-state index contributed by atoms with van der Waals surface area (Å²) in [5, 5.41) is 13.6. The molecule has 0 unspecified atom stereocenters. The van der Waals surface area contributed by atoms with Gasteiger partial charge in [0, 0.05) is 41.9 Å². The molecule has 4 aromatic heterocycles. The molecule has 0 aliphatic rings. The van der Waals surface area contributed by atoms with Crippen molar-refractivity contribution in [2.24, 2.45) is 0 Å². The predicted molar refractivity (Wildman–Crippen MR) is 220 cm³/mol. The molecule has 0 amide bonds. The molecular formula is C46H25N3S2. The van der Waals surface area contributed by atoms with Crippen LogP contribution in [-0.2, 0) is 0 Å². The molecule has 0 saturated carbocycles. The smallest absolute Gasteiger partial charge is 0.166 e. The van der Waals surface area contributed by atoms with Crippen LogP contribution in [0.25, 0.3) is 112 Å². The molecule has 4 heterocycles. The fraction of sp³-hybridized carbons (Fsp3) is 0. The molecular weight excluding hydrogens is 659 g/mol. The van der Waals surface area contributed by atoms with Gasteiger partial charge < -0.3 is 0 Å². The summed E-state index contributed by atoms with van der Waals surface area (Å²) in [7, 11) is 0. The Kier molecular flexibility index (Phi) is 5.53. The summed E-state index contributed by atoms with van der Waals surface area (Å²) in [4.78, 5) is 12.2. The van der Waals surface area contributed by atoms with Crippen LogP contribution in [0.1, 0.15) is 0 Å². The first-order chi connectivity index (χ1) is 25.3. The van der Waals surface area contributed by atoms with Crippen molar-refractivity contribution in [1.29, 1.82) is 0 Å². The number of fused-ring (bicyclic) bond motifs is 15. The first-order valence-corrected chi connectivity index (χ1v) is 18.8. The SMILES string of the molecule is c1ccc2cc3c(cc2c1)sc1c3c2ccccc2c2c3ccccc3n(-c3nc4sc5ccccc5c4nc3-c3cccc4ccccc34)c12. The maximum atomic E-state index is 5.65. The molecule has 0 spiro atoms. The average molecular weight is 684 g/mol. The van der Waals surface area contributed by atoms with Crippen LogP contribution in [0.2, 0.25) is 0 Å². The number of para-hydroxylation sites is 1. The van der Waals surface area contributed by atoms with E-state index in [-0.39, 0.29) is 0 Å². The van der Waals surface area contributed by atoms with E-state index in [1.165, 1.54) is 73.5 Å². The van der Waals surface area contributed by atoms with Crippen LogP contribution < -0.4 is 0 Å². The topological polar surface area (TPSA) is 30.7 Å². The molecule has 0 aliphatic heterocycles. The molecule has 0 aliphatic carbocycles. The lowest BCUT2D eigenvalue weighted by atomic mass is 9.98. The molecule has 3 nitrogen and oxygen atoms in total. The highest BCUT2D eigenvalue weighted by atomic mass is 32.1. The zero-order valence-corrected chi connectivity index (χ0v) is 28.7. The Hall–Kier alpha value is -6.14. The van der Waals surface area contributed by atoms with Crippen LogP contribution in [0.5, 0.6) is 0 Å². The summed E-state index contributed by atoms with van der Waals surface area (Å²) in [5.41, 5.74) is 5.24. The van der Waals surface area contributed by atoms with E-state index in [0.717, 1.165) is 38.3 Å². The molecule has 0 N–H and O–H groups in total. The van der Waals surface area contributed by atoms with Crippen LogP contribution in [0.4, 0.5) is 0 Å². The summed E-state index contributed by atoms with van der Waals surface area (Å²) in [6, 6.07) is 55.0. The van der Waals surface area contributed by atoms with Gasteiger partial charge in [-0.3, -0.25) is 4.57 Å². The molecule has 12 aromatic rings. The van der Waals surface area contributed by atoms with Crippen molar-refractivity contribution in [2.75, 3.05) is 0 Å². The van der Waals surface area contributed by atoms with E-state index < -0.39 is 0 Å². The Morgan fingerprint density at radius 2 is 1.10 bits per heavy atom. The van der Waals surface area contributed by atoms with E-state index in [1.54, 1.807) is 11.3 Å². The van der Waals surface area contributed by atoms with E-state index in [0.29, 0.717) is 0 Å². The second kappa shape index (κ2) is 10.2. The molecule has 0 saturated heterocycles. The zero-order valence-electron chi connectivity index (χ0n) is 27.1. The number of nitrogens with zero attached hydrogens (tertiary/aromatic N) is 3. The summed E-state index contributed by atoms with van der Waals surface area (Å²) in [6.45, 7) is 0. The largest absolute Gasteiger partial charge is 0.290 e. The lowest BCUT2D eigenvalue weighted by molar-refractivity contribution is 1.09. The third kappa shape index (κ3) is 3.77. The number of aromatic nitrogens is 3. The fourth-order valence-electron chi connectivity index (χ4n) is 8.37. The van der Waals surface area contributed by atoms with Crippen LogP contribution in [0.3, 0.4) is 0 Å². The van der Waals surface area contributed by atoms with Gasteiger partial charge >= 0.3 is 0 Å². The normalized spacial score (nSPS) is 12.3. The summed E-state index contributed by atoms with van der Waals surface area (Å²) < 4.78 is 6.19. The molecule has 236 valence electrons. The van der Waals surface area contributed by atoms with Crippen LogP contribution in [-0.4, -0.2) is 14.5 Å². The second-order valence-electron chi connectivity index (χ2n) is 13.3. The van der Waals surface area contributed by atoms with Crippen molar-refractivity contribution in [2.45, 2.75) is 0 Å². The molecule has 5 heteroatoms. The third-order valence-electron chi connectivity index (χ3n) is 10.6. The molecule has 12 rings (SSSR count). The Labute approximate surface area is 299 Å². The molecule has 0 atom stereocenters. The van der Waals surface area contributed by atoms with Gasteiger partial charge in [0.2, 0.25) is 0 Å². The lowest BCUT2D eigenvalue weighted by Crippen LogP contribution is -2.03. The van der Waals surface area contributed by atoms with Gasteiger partial charge in [-0.05, 0) is 56.6 Å².